The average molecular weight is 335 g/mol. The van der Waals surface area contributed by atoms with E-state index in [9.17, 15) is 9.59 Å². The first-order chi connectivity index (χ1) is 11.0. The fourth-order valence-corrected chi connectivity index (χ4v) is 3.27. The molecule has 0 aromatic carbocycles. The zero-order valence-corrected chi connectivity index (χ0v) is 13.9. The Morgan fingerprint density at radius 1 is 1.43 bits per heavy atom. The van der Waals surface area contributed by atoms with Crippen molar-refractivity contribution in [3.63, 3.8) is 0 Å². The van der Waals surface area contributed by atoms with Gasteiger partial charge in [0.2, 0.25) is 0 Å². The highest BCUT2D eigenvalue weighted by Gasteiger charge is 2.30. The Morgan fingerprint density at radius 2 is 2.22 bits per heavy atom. The Kier molecular flexibility index (Phi) is 4.26. The number of carbonyl (C=O) groups excluding carboxylic acids is 1. The molecule has 3 heterocycles. The molecule has 7 heteroatoms. The molecule has 0 saturated carbocycles. The topological polar surface area (TPSA) is 71.0 Å². The Labute approximate surface area is 139 Å². The highest BCUT2D eigenvalue weighted by Crippen LogP contribution is 2.22. The summed E-state index contributed by atoms with van der Waals surface area (Å²) in [5.74, 6) is -0.104. The number of halogens is 1. The van der Waals surface area contributed by atoms with E-state index in [1.165, 1.54) is 12.3 Å². The van der Waals surface area contributed by atoms with E-state index in [-0.39, 0.29) is 22.5 Å². The minimum absolute atomic E-state index is 0.0325. The lowest BCUT2D eigenvalue weighted by atomic mass is 10.2. The van der Waals surface area contributed by atoms with Gasteiger partial charge in [-0.3, -0.25) is 14.3 Å². The molecule has 0 radical (unpaired) electrons. The van der Waals surface area contributed by atoms with Crippen LogP contribution >= 0.6 is 11.6 Å². The number of H-pyrrole nitrogens is 1. The summed E-state index contributed by atoms with van der Waals surface area (Å²) in [6.45, 7) is 5.37. The molecule has 1 atom stereocenters. The van der Waals surface area contributed by atoms with Gasteiger partial charge in [0, 0.05) is 18.4 Å². The van der Waals surface area contributed by atoms with Gasteiger partial charge < -0.3 is 9.88 Å². The van der Waals surface area contributed by atoms with E-state index in [1.54, 1.807) is 0 Å². The van der Waals surface area contributed by atoms with Crippen molar-refractivity contribution in [2.45, 2.75) is 39.3 Å². The standard InChI is InChI=1S/C16H19ClN4O2/c1-10-6-11(2)21(19-10)9-13-4-3-5-20(13)16(23)12-7-14(17)15(22)18-8-12/h6-8,13H,3-5,9H2,1-2H3,(H,18,22). The van der Waals surface area contributed by atoms with Gasteiger partial charge in [0.25, 0.3) is 11.5 Å². The van der Waals surface area contributed by atoms with E-state index in [0.29, 0.717) is 18.7 Å². The summed E-state index contributed by atoms with van der Waals surface area (Å²) in [7, 11) is 0. The monoisotopic (exact) mass is 334 g/mol. The van der Waals surface area contributed by atoms with Crippen LogP contribution in [0.3, 0.4) is 0 Å². The lowest BCUT2D eigenvalue weighted by molar-refractivity contribution is 0.0720. The number of aromatic amines is 1. The molecule has 6 nitrogen and oxygen atoms in total. The third-order valence-corrected chi connectivity index (χ3v) is 4.51. The van der Waals surface area contributed by atoms with Gasteiger partial charge in [0.1, 0.15) is 5.02 Å². The Balaban J connectivity index is 1.80. The predicted molar refractivity (Wildman–Crippen MR) is 87.8 cm³/mol. The van der Waals surface area contributed by atoms with E-state index in [2.05, 4.69) is 10.1 Å². The molecular formula is C16H19ClN4O2. The summed E-state index contributed by atoms with van der Waals surface area (Å²) in [4.78, 5) is 28.4. The summed E-state index contributed by atoms with van der Waals surface area (Å²) in [6.07, 6.45) is 3.34. The lowest BCUT2D eigenvalue weighted by Crippen LogP contribution is -2.38. The zero-order chi connectivity index (χ0) is 16.6. The van der Waals surface area contributed by atoms with Crippen LogP contribution in [0, 0.1) is 13.8 Å². The summed E-state index contributed by atoms with van der Waals surface area (Å²) in [5.41, 5.74) is 2.10. The van der Waals surface area contributed by atoms with Crippen molar-refractivity contribution in [3.05, 3.63) is 50.7 Å². The number of hydrogen-bond donors (Lipinski definition) is 1. The normalized spacial score (nSPS) is 17.7. The maximum absolute atomic E-state index is 12.7. The molecule has 1 amide bonds. The highest BCUT2D eigenvalue weighted by atomic mass is 35.5. The molecule has 1 saturated heterocycles. The van der Waals surface area contributed by atoms with Crippen LogP contribution in [-0.4, -0.2) is 38.2 Å². The number of amides is 1. The summed E-state index contributed by atoms with van der Waals surface area (Å²) in [6, 6.07) is 3.57. The zero-order valence-electron chi connectivity index (χ0n) is 13.2. The number of carbonyl (C=O) groups is 1. The van der Waals surface area contributed by atoms with Crippen LogP contribution in [0.4, 0.5) is 0 Å². The van der Waals surface area contributed by atoms with Gasteiger partial charge in [-0.1, -0.05) is 11.6 Å². The van der Waals surface area contributed by atoms with E-state index in [1.807, 2.05) is 29.5 Å². The maximum Gasteiger partial charge on any atom is 0.266 e. The van der Waals surface area contributed by atoms with Crippen molar-refractivity contribution < 1.29 is 4.79 Å². The molecule has 1 fully saturated rings. The Morgan fingerprint density at radius 3 is 2.87 bits per heavy atom. The van der Waals surface area contributed by atoms with Gasteiger partial charge in [-0.25, -0.2) is 0 Å². The quantitative estimate of drug-likeness (QED) is 0.934. The number of aryl methyl sites for hydroxylation is 2. The fourth-order valence-electron chi connectivity index (χ4n) is 3.10. The van der Waals surface area contributed by atoms with Crippen LogP contribution in [0.5, 0.6) is 0 Å². The van der Waals surface area contributed by atoms with Gasteiger partial charge in [-0.2, -0.15) is 5.10 Å². The molecule has 1 aliphatic heterocycles. The summed E-state index contributed by atoms with van der Waals surface area (Å²) in [5, 5.41) is 4.51. The number of aromatic nitrogens is 3. The second-order valence-corrected chi connectivity index (χ2v) is 6.38. The van der Waals surface area contributed by atoms with Crippen LogP contribution in [0.2, 0.25) is 5.02 Å². The van der Waals surface area contributed by atoms with Crippen LogP contribution < -0.4 is 5.56 Å². The third-order valence-electron chi connectivity index (χ3n) is 4.23. The van der Waals surface area contributed by atoms with Crippen molar-refractivity contribution >= 4 is 17.5 Å². The third kappa shape index (κ3) is 3.17. The number of likely N-dealkylation sites (tertiary alicyclic amines) is 1. The maximum atomic E-state index is 12.7. The molecule has 23 heavy (non-hydrogen) atoms. The van der Waals surface area contributed by atoms with E-state index in [4.69, 9.17) is 11.6 Å². The minimum atomic E-state index is -0.385. The fraction of sp³-hybridized carbons (Fsp3) is 0.438. The van der Waals surface area contributed by atoms with Crippen LogP contribution in [0.15, 0.2) is 23.1 Å². The number of nitrogens with zero attached hydrogens (tertiary/aromatic N) is 3. The van der Waals surface area contributed by atoms with Crippen molar-refractivity contribution in [2.75, 3.05) is 6.54 Å². The Bertz CT molecular complexity index is 796. The first-order valence-corrected chi connectivity index (χ1v) is 8.04. The molecule has 1 unspecified atom stereocenters. The van der Waals surface area contributed by atoms with Gasteiger partial charge >= 0.3 is 0 Å². The van der Waals surface area contributed by atoms with Crippen molar-refractivity contribution in [3.8, 4) is 0 Å². The average Bonchev–Trinajstić information content (AvgIpc) is 3.08. The first-order valence-electron chi connectivity index (χ1n) is 7.66. The second kappa shape index (κ2) is 6.20. The number of nitrogens with one attached hydrogen (secondary N) is 1. The molecule has 3 rings (SSSR count). The molecule has 0 spiro atoms. The van der Waals surface area contributed by atoms with E-state index in [0.717, 1.165) is 24.2 Å². The molecular weight excluding hydrogens is 316 g/mol. The van der Waals surface area contributed by atoms with Crippen LogP contribution in [0.1, 0.15) is 34.6 Å². The van der Waals surface area contributed by atoms with E-state index >= 15 is 0 Å². The molecule has 122 valence electrons. The first kappa shape index (κ1) is 15.8. The van der Waals surface area contributed by atoms with Crippen molar-refractivity contribution in [1.29, 1.82) is 0 Å². The number of hydrogen-bond acceptors (Lipinski definition) is 3. The van der Waals surface area contributed by atoms with Gasteiger partial charge in [0.15, 0.2) is 0 Å². The summed E-state index contributed by atoms with van der Waals surface area (Å²) >= 11 is 5.83. The van der Waals surface area contributed by atoms with Crippen LogP contribution in [-0.2, 0) is 6.54 Å². The second-order valence-electron chi connectivity index (χ2n) is 5.97. The largest absolute Gasteiger partial charge is 0.334 e. The molecule has 1 aliphatic rings. The predicted octanol–water partition coefficient (Wildman–Crippen LogP) is 2.15. The number of pyridine rings is 1. The summed E-state index contributed by atoms with van der Waals surface area (Å²) < 4.78 is 1.95. The molecule has 0 aliphatic carbocycles. The lowest BCUT2D eigenvalue weighted by Gasteiger charge is -2.25. The SMILES string of the molecule is Cc1cc(C)n(CC2CCCN2C(=O)c2c[nH]c(=O)c(Cl)c2)n1. The van der Waals surface area contributed by atoms with Crippen molar-refractivity contribution in [2.24, 2.45) is 0 Å². The van der Waals surface area contributed by atoms with E-state index < -0.39 is 0 Å². The molecule has 1 N–H and O–H groups in total. The highest BCUT2D eigenvalue weighted by molar-refractivity contribution is 6.30. The number of rotatable bonds is 3. The minimum Gasteiger partial charge on any atom is -0.334 e. The Hall–Kier alpha value is -2.08. The van der Waals surface area contributed by atoms with Gasteiger partial charge in [0.05, 0.1) is 23.8 Å². The molecule has 0 bridgehead atoms. The molecule has 2 aromatic heterocycles. The molecule has 2 aromatic rings. The van der Waals surface area contributed by atoms with Crippen LogP contribution in [0.25, 0.3) is 0 Å². The van der Waals surface area contributed by atoms with Gasteiger partial charge in [-0.15, -0.1) is 0 Å². The van der Waals surface area contributed by atoms with Crippen molar-refractivity contribution in [1.82, 2.24) is 19.7 Å². The smallest absolute Gasteiger partial charge is 0.266 e. The van der Waals surface area contributed by atoms with Gasteiger partial charge in [-0.05, 0) is 38.8 Å².